The van der Waals surface area contributed by atoms with Crippen molar-refractivity contribution in [2.45, 2.75) is 32.6 Å². The van der Waals surface area contributed by atoms with Crippen molar-refractivity contribution in [2.75, 3.05) is 6.54 Å². The molecule has 1 heterocycles. The Hall–Kier alpha value is -0.830. The van der Waals surface area contributed by atoms with E-state index in [2.05, 4.69) is 12.1 Å². The first-order valence-electron chi connectivity index (χ1n) is 4.89. The van der Waals surface area contributed by atoms with E-state index in [1.807, 2.05) is 6.92 Å². The van der Waals surface area contributed by atoms with E-state index in [9.17, 15) is 0 Å². The summed E-state index contributed by atoms with van der Waals surface area (Å²) in [5, 5.41) is 3.99. The molecule has 13 heavy (non-hydrogen) atoms. The number of rotatable bonds is 2. The topological polar surface area (TPSA) is 52.0 Å². The van der Waals surface area contributed by atoms with Gasteiger partial charge in [-0.15, -0.1) is 0 Å². The van der Waals surface area contributed by atoms with Crippen LogP contribution in [0.1, 0.15) is 36.3 Å². The average molecular weight is 180 g/mol. The first-order valence-corrected chi connectivity index (χ1v) is 4.89. The van der Waals surface area contributed by atoms with Gasteiger partial charge in [-0.1, -0.05) is 12.1 Å². The number of nitrogens with zero attached hydrogens (tertiary/aromatic N) is 1. The van der Waals surface area contributed by atoms with Gasteiger partial charge in [-0.25, -0.2) is 0 Å². The Balaban J connectivity index is 2.31. The Kier molecular flexibility index (Phi) is 2.12. The van der Waals surface area contributed by atoms with E-state index in [-0.39, 0.29) is 0 Å². The molecule has 2 N–H and O–H groups in total. The third kappa shape index (κ3) is 1.27. The lowest BCUT2D eigenvalue weighted by Crippen LogP contribution is -2.17. The fourth-order valence-electron chi connectivity index (χ4n) is 2.24. The molecule has 0 radical (unpaired) electrons. The van der Waals surface area contributed by atoms with Crippen LogP contribution in [0.2, 0.25) is 0 Å². The third-order valence-corrected chi connectivity index (χ3v) is 3.09. The van der Waals surface area contributed by atoms with Crippen molar-refractivity contribution in [1.29, 1.82) is 0 Å². The minimum absolute atomic E-state index is 0.541. The predicted molar refractivity (Wildman–Crippen MR) is 50.5 cm³/mol. The smallest absolute Gasteiger partial charge is 0.140 e. The quantitative estimate of drug-likeness (QED) is 0.752. The summed E-state index contributed by atoms with van der Waals surface area (Å²) in [7, 11) is 0. The van der Waals surface area contributed by atoms with E-state index in [0.29, 0.717) is 11.8 Å². The molecule has 1 aromatic rings. The molecular formula is C10H16N2O. The van der Waals surface area contributed by atoms with Crippen molar-refractivity contribution in [3.63, 3.8) is 0 Å². The van der Waals surface area contributed by atoms with Crippen LogP contribution < -0.4 is 5.73 Å². The molecule has 0 bridgehead atoms. The number of hydrogen-bond acceptors (Lipinski definition) is 3. The Morgan fingerprint density at radius 3 is 3.15 bits per heavy atom. The van der Waals surface area contributed by atoms with Gasteiger partial charge in [0.05, 0.1) is 5.69 Å². The van der Waals surface area contributed by atoms with E-state index in [0.717, 1.165) is 24.4 Å². The van der Waals surface area contributed by atoms with Crippen LogP contribution in [-0.2, 0) is 6.42 Å². The molecule has 3 heteroatoms. The van der Waals surface area contributed by atoms with Gasteiger partial charge in [0.1, 0.15) is 5.76 Å². The maximum absolute atomic E-state index is 5.68. The zero-order valence-corrected chi connectivity index (χ0v) is 8.21. The first-order chi connectivity index (χ1) is 6.24. The summed E-state index contributed by atoms with van der Waals surface area (Å²) in [6.45, 7) is 4.96. The highest BCUT2D eigenvalue weighted by Gasteiger charge is 2.31. The van der Waals surface area contributed by atoms with Crippen molar-refractivity contribution < 1.29 is 4.52 Å². The number of nitrogens with two attached hydrogens (primary N) is 1. The molecule has 3 nitrogen and oxygen atoms in total. The molecule has 0 saturated carbocycles. The highest BCUT2D eigenvalue weighted by Crippen LogP contribution is 2.39. The minimum atomic E-state index is 0.541. The van der Waals surface area contributed by atoms with Crippen molar-refractivity contribution >= 4 is 0 Å². The number of aryl methyl sites for hydroxylation is 2. The molecule has 1 aromatic heterocycles. The second-order valence-corrected chi connectivity index (χ2v) is 3.96. The summed E-state index contributed by atoms with van der Waals surface area (Å²) >= 11 is 0. The first kappa shape index (κ1) is 8.75. The molecule has 0 saturated heterocycles. The van der Waals surface area contributed by atoms with Crippen LogP contribution in [0, 0.1) is 12.8 Å². The fraction of sp³-hybridized carbons (Fsp3) is 0.700. The van der Waals surface area contributed by atoms with Crippen LogP contribution in [0.5, 0.6) is 0 Å². The maximum Gasteiger partial charge on any atom is 0.140 e. The Bertz CT molecular complexity index is 306. The zero-order chi connectivity index (χ0) is 9.42. The molecule has 2 rings (SSSR count). The van der Waals surface area contributed by atoms with Gasteiger partial charge >= 0.3 is 0 Å². The number of fused-ring (bicyclic) bond motifs is 1. The monoisotopic (exact) mass is 180 g/mol. The molecule has 0 aliphatic heterocycles. The van der Waals surface area contributed by atoms with Gasteiger partial charge in [0.15, 0.2) is 0 Å². The Labute approximate surface area is 78.3 Å². The van der Waals surface area contributed by atoms with Crippen LogP contribution >= 0.6 is 0 Å². The van der Waals surface area contributed by atoms with Crippen LogP contribution in [0.25, 0.3) is 0 Å². The summed E-state index contributed by atoms with van der Waals surface area (Å²) in [5.41, 5.74) is 8.06. The largest absolute Gasteiger partial charge is 0.361 e. The van der Waals surface area contributed by atoms with E-state index in [1.165, 1.54) is 12.0 Å². The van der Waals surface area contributed by atoms with Gasteiger partial charge in [-0.05, 0) is 31.7 Å². The highest BCUT2D eigenvalue weighted by molar-refractivity contribution is 5.31. The second-order valence-electron chi connectivity index (χ2n) is 3.96. The van der Waals surface area contributed by atoms with Crippen molar-refractivity contribution in [1.82, 2.24) is 5.16 Å². The highest BCUT2D eigenvalue weighted by atomic mass is 16.5. The normalized spacial score (nSPS) is 23.2. The Morgan fingerprint density at radius 2 is 2.46 bits per heavy atom. The van der Waals surface area contributed by atoms with E-state index in [1.54, 1.807) is 0 Å². The molecule has 0 fully saturated rings. The molecule has 1 aliphatic rings. The lowest BCUT2D eigenvalue weighted by Gasteiger charge is -2.17. The molecule has 1 aliphatic carbocycles. The maximum atomic E-state index is 5.68. The van der Waals surface area contributed by atoms with Gasteiger partial charge in [0.2, 0.25) is 0 Å². The van der Waals surface area contributed by atoms with Crippen molar-refractivity contribution in [3.8, 4) is 0 Å². The van der Waals surface area contributed by atoms with Crippen LogP contribution in [0.3, 0.4) is 0 Å². The van der Waals surface area contributed by atoms with Crippen LogP contribution in [0.15, 0.2) is 4.52 Å². The van der Waals surface area contributed by atoms with Gasteiger partial charge < -0.3 is 10.3 Å². The number of hydrogen-bond donors (Lipinski definition) is 1. The molecule has 2 atom stereocenters. The summed E-state index contributed by atoms with van der Waals surface area (Å²) in [4.78, 5) is 0. The lowest BCUT2D eigenvalue weighted by atomic mass is 9.89. The van der Waals surface area contributed by atoms with E-state index < -0.39 is 0 Å². The summed E-state index contributed by atoms with van der Waals surface area (Å²) in [5.74, 6) is 2.20. The summed E-state index contributed by atoms with van der Waals surface area (Å²) < 4.78 is 5.24. The Morgan fingerprint density at radius 1 is 1.69 bits per heavy atom. The van der Waals surface area contributed by atoms with E-state index in [4.69, 9.17) is 10.3 Å². The molecule has 72 valence electrons. The number of aromatic nitrogens is 1. The standard InChI is InChI=1S/C10H16N2O/c1-6(5-11)8-3-4-9-10(8)7(2)12-13-9/h6,8H,3-5,11H2,1-2H3. The van der Waals surface area contributed by atoms with E-state index >= 15 is 0 Å². The van der Waals surface area contributed by atoms with Crippen LogP contribution in [-0.4, -0.2) is 11.7 Å². The van der Waals surface area contributed by atoms with Gasteiger partial charge in [0, 0.05) is 12.0 Å². The van der Waals surface area contributed by atoms with Gasteiger partial charge in [-0.2, -0.15) is 0 Å². The summed E-state index contributed by atoms with van der Waals surface area (Å²) in [6, 6.07) is 0. The average Bonchev–Trinajstić information content (AvgIpc) is 2.68. The van der Waals surface area contributed by atoms with Gasteiger partial charge in [-0.3, -0.25) is 0 Å². The third-order valence-electron chi connectivity index (χ3n) is 3.09. The molecular weight excluding hydrogens is 164 g/mol. The zero-order valence-electron chi connectivity index (χ0n) is 8.21. The molecule has 0 aromatic carbocycles. The minimum Gasteiger partial charge on any atom is -0.361 e. The molecule has 0 amide bonds. The van der Waals surface area contributed by atoms with Crippen LogP contribution in [0.4, 0.5) is 0 Å². The van der Waals surface area contributed by atoms with Crippen molar-refractivity contribution in [3.05, 3.63) is 17.0 Å². The molecule has 2 unspecified atom stereocenters. The fourth-order valence-corrected chi connectivity index (χ4v) is 2.24. The lowest BCUT2D eigenvalue weighted by molar-refractivity contribution is 0.378. The SMILES string of the molecule is Cc1noc2c1C(C(C)CN)CC2. The second kappa shape index (κ2) is 3.14. The molecule has 0 spiro atoms. The van der Waals surface area contributed by atoms with Gasteiger partial charge in [0.25, 0.3) is 0 Å². The summed E-state index contributed by atoms with van der Waals surface area (Å²) in [6.07, 6.45) is 2.21. The predicted octanol–water partition coefficient (Wildman–Crippen LogP) is 1.61. The van der Waals surface area contributed by atoms with Crippen molar-refractivity contribution in [2.24, 2.45) is 11.7 Å².